The van der Waals surface area contributed by atoms with Crippen molar-refractivity contribution in [2.24, 2.45) is 5.92 Å². The number of nitrogens with one attached hydrogen (secondary N) is 2. The lowest BCUT2D eigenvalue weighted by atomic mass is 9.98. The Balaban J connectivity index is 1.51. The van der Waals surface area contributed by atoms with Gasteiger partial charge in [0.25, 0.3) is 5.91 Å². The van der Waals surface area contributed by atoms with Crippen molar-refractivity contribution in [1.29, 1.82) is 0 Å². The highest BCUT2D eigenvalue weighted by Crippen LogP contribution is 2.24. The Kier molecular flexibility index (Phi) is 6.25. The van der Waals surface area contributed by atoms with Crippen LogP contribution in [-0.2, 0) is 14.8 Å². The molecule has 0 aliphatic carbocycles. The zero-order valence-corrected chi connectivity index (χ0v) is 17.3. The summed E-state index contributed by atoms with van der Waals surface area (Å²) in [6, 6.07) is 6.47. The Hall–Kier alpha value is -1.82. The van der Waals surface area contributed by atoms with E-state index in [1.54, 1.807) is 18.2 Å². The zero-order chi connectivity index (χ0) is 19.4. The lowest BCUT2D eigenvalue weighted by Gasteiger charge is -2.30. The highest BCUT2D eigenvalue weighted by molar-refractivity contribution is 9.11. The number of rotatable bonds is 4. The number of carbonyl (C=O) groups is 2. The molecule has 3 heterocycles. The minimum Gasteiger partial charge on any atom is -0.273 e. The van der Waals surface area contributed by atoms with E-state index in [-0.39, 0.29) is 29.8 Å². The number of hydrogen-bond donors (Lipinski definition) is 2. The normalized spacial score (nSPS) is 16.0. The quantitative estimate of drug-likeness (QED) is 0.659. The number of carbonyl (C=O) groups excluding carboxylic acids is 2. The number of amides is 2. The molecule has 2 N–H and O–H groups in total. The number of sulfonamides is 1. The van der Waals surface area contributed by atoms with E-state index in [2.05, 4.69) is 31.8 Å². The highest BCUT2D eigenvalue weighted by atomic mass is 79.9. The molecule has 3 rings (SSSR count). The van der Waals surface area contributed by atoms with Crippen LogP contribution in [0.3, 0.4) is 0 Å². The van der Waals surface area contributed by atoms with Gasteiger partial charge in [0, 0.05) is 31.4 Å². The summed E-state index contributed by atoms with van der Waals surface area (Å²) in [5, 5.41) is 0. The predicted molar refractivity (Wildman–Crippen MR) is 103 cm³/mol. The van der Waals surface area contributed by atoms with Gasteiger partial charge in [-0.25, -0.2) is 8.42 Å². The van der Waals surface area contributed by atoms with Crippen molar-refractivity contribution in [3.05, 3.63) is 45.3 Å². The third-order valence-corrected chi connectivity index (χ3v) is 7.70. The topological polar surface area (TPSA) is 108 Å². The van der Waals surface area contributed by atoms with Crippen molar-refractivity contribution in [2.45, 2.75) is 17.7 Å². The van der Waals surface area contributed by atoms with Crippen molar-refractivity contribution in [2.75, 3.05) is 13.1 Å². The van der Waals surface area contributed by atoms with E-state index in [1.165, 1.54) is 34.1 Å². The number of pyridine rings is 1. The fourth-order valence-corrected chi connectivity index (χ4v) is 5.44. The van der Waals surface area contributed by atoms with Gasteiger partial charge in [-0.1, -0.05) is 0 Å². The smallest absolute Gasteiger partial charge is 0.273 e. The van der Waals surface area contributed by atoms with Crippen LogP contribution in [0.5, 0.6) is 0 Å². The van der Waals surface area contributed by atoms with E-state index < -0.39 is 15.9 Å². The van der Waals surface area contributed by atoms with E-state index in [1.807, 2.05) is 0 Å². The third-order valence-electron chi connectivity index (χ3n) is 4.19. The Morgan fingerprint density at radius 1 is 1.19 bits per heavy atom. The molecule has 1 saturated heterocycles. The van der Waals surface area contributed by atoms with Crippen LogP contribution in [0.15, 0.2) is 45.3 Å². The molecule has 0 atom stereocenters. The molecule has 27 heavy (non-hydrogen) atoms. The summed E-state index contributed by atoms with van der Waals surface area (Å²) < 4.78 is 27.3. The Morgan fingerprint density at radius 2 is 1.93 bits per heavy atom. The SMILES string of the molecule is O=C(NNC(=O)C1CCN(S(=O)(=O)c2cccnc2)CC1)c1ccc(Br)s1. The van der Waals surface area contributed by atoms with Crippen LogP contribution in [0, 0.1) is 5.92 Å². The van der Waals surface area contributed by atoms with Crippen LogP contribution in [0.4, 0.5) is 0 Å². The van der Waals surface area contributed by atoms with E-state index in [0.29, 0.717) is 17.7 Å². The summed E-state index contributed by atoms with van der Waals surface area (Å²) in [7, 11) is -3.60. The summed E-state index contributed by atoms with van der Waals surface area (Å²) >= 11 is 4.53. The van der Waals surface area contributed by atoms with Crippen molar-refractivity contribution in [3.63, 3.8) is 0 Å². The largest absolute Gasteiger partial charge is 0.279 e. The molecule has 0 spiro atoms. The van der Waals surface area contributed by atoms with Gasteiger partial charge in [0.2, 0.25) is 15.9 Å². The molecule has 2 aromatic heterocycles. The maximum atomic E-state index is 12.6. The summed E-state index contributed by atoms with van der Waals surface area (Å²) in [5.41, 5.74) is 4.81. The molecule has 0 unspecified atom stereocenters. The molecule has 8 nitrogen and oxygen atoms in total. The molecule has 11 heteroatoms. The van der Waals surface area contributed by atoms with Gasteiger partial charge in [0.1, 0.15) is 4.90 Å². The zero-order valence-electron chi connectivity index (χ0n) is 14.1. The number of halogens is 1. The van der Waals surface area contributed by atoms with Gasteiger partial charge in [-0.05, 0) is 53.0 Å². The van der Waals surface area contributed by atoms with Crippen molar-refractivity contribution in [1.82, 2.24) is 20.1 Å². The van der Waals surface area contributed by atoms with Crippen LogP contribution in [-0.4, -0.2) is 42.6 Å². The molecular weight excluding hydrogens is 456 g/mol. The standard InChI is InChI=1S/C16H17BrN4O4S2/c17-14-4-3-13(26-14)16(23)20-19-15(22)11-5-8-21(9-6-11)27(24,25)12-2-1-7-18-10-12/h1-4,7,10-11H,5-6,8-9H2,(H,19,22)(H,20,23). The summed E-state index contributed by atoms with van der Waals surface area (Å²) in [6.07, 6.45) is 3.59. The van der Waals surface area contributed by atoms with Gasteiger partial charge in [-0.15, -0.1) is 11.3 Å². The van der Waals surface area contributed by atoms with E-state index >= 15 is 0 Å². The molecule has 0 aromatic carbocycles. The van der Waals surface area contributed by atoms with Gasteiger partial charge in [0.05, 0.1) is 8.66 Å². The summed E-state index contributed by atoms with van der Waals surface area (Å²) in [5.74, 6) is -1.08. The van der Waals surface area contributed by atoms with Gasteiger partial charge in [-0.2, -0.15) is 4.31 Å². The van der Waals surface area contributed by atoms with E-state index in [4.69, 9.17) is 0 Å². The molecule has 0 radical (unpaired) electrons. The monoisotopic (exact) mass is 472 g/mol. The van der Waals surface area contributed by atoms with Crippen LogP contribution >= 0.6 is 27.3 Å². The number of piperidine rings is 1. The van der Waals surface area contributed by atoms with Crippen LogP contribution in [0.1, 0.15) is 22.5 Å². The average Bonchev–Trinajstić information content (AvgIpc) is 3.13. The van der Waals surface area contributed by atoms with Crippen LogP contribution in [0.2, 0.25) is 0 Å². The lowest BCUT2D eigenvalue weighted by Crippen LogP contribution is -2.48. The molecule has 2 aromatic rings. The van der Waals surface area contributed by atoms with Crippen molar-refractivity contribution >= 4 is 49.1 Å². The van der Waals surface area contributed by atoms with Crippen LogP contribution < -0.4 is 10.9 Å². The molecule has 2 amide bonds. The van der Waals surface area contributed by atoms with Gasteiger partial charge >= 0.3 is 0 Å². The first-order chi connectivity index (χ1) is 12.9. The molecule has 1 aliphatic heterocycles. The fourth-order valence-electron chi connectivity index (χ4n) is 2.73. The molecule has 0 saturated carbocycles. The second-order valence-electron chi connectivity index (χ2n) is 5.91. The second kappa shape index (κ2) is 8.46. The first-order valence-corrected chi connectivity index (χ1v) is 11.2. The predicted octanol–water partition coefficient (Wildman–Crippen LogP) is 1.77. The van der Waals surface area contributed by atoms with Gasteiger partial charge in [0.15, 0.2) is 0 Å². The highest BCUT2D eigenvalue weighted by Gasteiger charge is 2.32. The molecular formula is C16H17BrN4O4S2. The Bertz CT molecular complexity index is 925. The first-order valence-electron chi connectivity index (χ1n) is 8.13. The van der Waals surface area contributed by atoms with Gasteiger partial charge < -0.3 is 0 Å². The minimum absolute atomic E-state index is 0.141. The van der Waals surface area contributed by atoms with Crippen molar-refractivity contribution in [3.8, 4) is 0 Å². The van der Waals surface area contributed by atoms with E-state index in [0.717, 1.165) is 3.79 Å². The summed E-state index contributed by atoms with van der Waals surface area (Å²) in [4.78, 5) is 28.7. The Morgan fingerprint density at radius 3 is 2.52 bits per heavy atom. The van der Waals surface area contributed by atoms with Crippen LogP contribution in [0.25, 0.3) is 0 Å². The molecule has 0 bridgehead atoms. The lowest BCUT2D eigenvalue weighted by molar-refractivity contribution is -0.126. The Labute approximate surface area is 169 Å². The maximum absolute atomic E-state index is 12.6. The average molecular weight is 473 g/mol. The van der Waals surface area contributed by atoms with Gasteiger partial charge in [-0.3, -0.25) is 25.4 Å². The molecule has 1 fully saturated rings. The third kappa shape index (κ3) is 4.72. The fraction of sp³-hybridized carbons (Fsp3) is 0.312. The first kappa shape index (κ1) is 19.9. The molecule has 144 valence electrons. The molecule has 1 aliphatic rings. The maximum Gasteiger partial charge on any atom is 0.279 e. The van der Waals surface area contributed by atoms with Crippen molar-refractivity contribution < 1.29 is 18.0 Å². The number of aromatic nitrogens is 1. The number of hydrazine groups is 1. The number of nitrogens with zero attached hydrogens (tertiary/aromatic N) is 2. The van der Waals surface area contributed by atoms with E-state index in [9.17, 15) is 18.0 Å². The number of thiophene rings is 1. The summed E-state index contributed by atoms with van der Waals surface area (Å²) in [6.45, 7) is 0.474. The minimum atomic E-state index is -3.60. The number of hydrogen-bond acceptors (Lipinski definition) is 6. The second-order valence-corrected chi connectivity index (χ2v) is 10.3.